The largest absolute Gasteiger partial charge is 0.472 e. The SMILES string of the molecule is Cc1cc(OC2CCN(C(=O)Cn3cnc4ccccc4c3=O)C2)nc(C)n1. The summed E-state index contributed by atoms with van der Waals surface area (Å²) in [6.45, 7) is 4.73. The van der Waals surface area contributed by atoms with E-state index in [0.717, 1.165) is 12.1 Å². The van der Waals surface area contributed by atoms with Gasteiger partial charge >= 0.3 is 0 Å². The van der Waals surface area contributed by atoms with Crippen molar-refractivity contribution in [2.75, 3.05) is 13.1 Å². The van der Waals surface area contributed by atoms with Gasteiger partial charge < -0.3 is 9.64 Å². The number of carbonyl (C=O) groups is 1. The fourth-order valence-corrected chi connectivity index (χ4v) is 3.43. The zero-order valence-corrected chi connectivity index (χ0v) is 15.8. The normalized spacial score (nSPS) is 16.5. The van der Waals surface area contributed by atoms with Crippen molar-refractivity contribution in [3.8, 4) is 5.88 Å². The molecular formula is C20H21N5O3. The van der Waals surface area contributed by atoms with Gasteiger partial charge in [0.25, 0.3) is 5.56 Å². The molecule has 3 aromatic rings. The monoisotopic (exact) mass is 379 g/mol. The number of ether oxygens (including phenoxy) is 1. The fraction of sp³-hybridized carbons (Fsp3) is 0.350. The molecular weight excluding hydrogens is 358 g/mol. The highest BCUT2D eigenvalue weighted by Crippen LogP contribution is 2.18. The Kier molecular flexibility index (Phi) is 4.77. The third kappa shape index (κ3) is 3.71. The molecule has 2 aromatic heterocycles. The highest BCUT2D eigenvalue weighted by molar-refractivity contribution is 5.79. The lowest BCUT2D eigenvalue weighted by atomic mass is 10.2. The van der Waals surface area contributed by atoms with E-state index in [2.05, 4.69) is 15.0 Å². The summed E-state index contributed by atoms with van der Waals surface area (Å²) in [5, 5.41) is 0.509. The molecule has 0 saturated carbocycles. The number of aryl methyl sites for hydroxylation is 2. The Hall–Kier alpha value is -3.29. The van der Waals surface area contributed by atoms with Gasteiger partial charge in [0.1, 0.15) is 18.5 Å². The molecule has 0 N–H and O–H groups in total. The maximum absolute atomic E-state index is 12.7. The van der Waals surface area contributed by atoms with Crippen molar-refractivity contribution < 1.29 is 9.53 Å². The van der Waals surface area contributed by atoms with Crippen LogP contribution in [0.2, 0.25) is 0 Å². The molecule has 1 unspecified atom stereocenters. The molecule has 28 heavy (non-hydrogen) atoms. The van der Waals surface area contributed by atoms with Gasteiger partial charge in [-0.15, -0.1) is 0 Å². The molecule has 0 bridgehead atoms. The van der Waals surface area contributed by atoms with E-state index in [1.807, 2.05) is 19.9 Å². The second-order valence-electron chi connectivity index (χ2n) is 6.96. The Bertz CT molecular complexity index is 1070. The van der Waals surface area contributed by atoms with Crippen molar-refractivity contribution in [2.24, 2.45) is 0 Å². The van der Waals surface area contributed by atoms with Gasteiger partial charge in [-0.1, -0.05) is 12.1 Å². The van der Waals surface area contributed by atoms with Gasteiger partial charge in [0, 0.05) is 24.7 Å². The lowest BCUT2D eigenvalue weighted by Crippen LogP contribution is -2.36. The van der Waals surface area contributed by atoms with E-state index >= 15 is 0 Å². The lowest BCUT2D eigenvalue weighted by Gasteiger charge is -2.18. The first-order valence-electron chi connectivity index (χ1n) is 9.20. The van der Waals surface area contributed by atoms with E-state index in [4.69, 9.17) is 4.74 Å². The first-order valence-corrected chi connectivity index (χ1v) is 9.20. The Morgan fingerprint density at radius 3 is 2.89 bits per heavy atom. The van der Waals surface area contributed by atoms with E-state index in [0.29, 0.717) is 35.7 Å². The molecule has 3 heterocycles. The molecule has 0 radical (unpaired) electrons. The quantitative estimate of drug-likeness (QED) is 0.682. The zero-order valence-electron chi connectivity index (χ0n) is 15.8. The van der Waals surface area contributed by atoms with Crippen molar-refractivity contribution in [1.29, 1.82) is 0 Å². The van der Waals surface area contributed by atoms with E-state index in [1.165, 1.54) is 10.9 Å². The maximum Gasteiger partial charge on any atom is 0.261 e. The van der Waals surface area contributed by atoms with Gasteiger partial charge in [-0.05, 0) is 26.0 Å². The summed E-state index contributed by atoms with van der Waals surface area (Å²) in [6, 6.07) is 8.91. The summed E-state index contributed by atoms with van der Waals surface area (Å²) in [5.74, 6) is 1.06. The first kappa shape index (κ1) is 18.1. The van der Waals surface area contributed by atoms with Crippen LogP contribution >= 0.6 is 0 Å². The Balaban J connectivity index is 1.42. The van der Waals surface area contributed by atoms with E-state index < -0.39 is 0 Å². The Morgan fingerprint density at radius 2 is 2.07 bits per heavy atom. The average Bonchev–Trinajstić information content (AvgIpc) is 3.12. The molecule has 8 nitrogen and oxygen atoms in total. The van der Waals surface area contributed by atoms with Crippen LogP contribution in [0.15, 0.2) is 41.5 Å². The molecule has 1 saturated heterocycles. The van der Waals surface area contributed by atoms with Crippen molar-refractivity contribution in [2.45, 2.75) is 32.9 Å². The second kappa shape index (κ2) is 7.38. The number of likely N-dealkylation sites (tertiary alicyclic amines) is 1. The summed E-state index contributed by atoms with van der Waals surface area (Å²) in [6.07, 6.45) is 2.03. The minimum absolute atomic E-state index is 0.0326. The number of hydrogen-bond acceptors (Lipinski definition) is 6. The van der Waals surface area contributed by atoms with Crippen LogP contribution in [0.3, 0.4) is 0 Å². The third-order valence-electron chi connectivity index (χ3n) is 4.76. The molecule has 144 valence electrons. The van der Waals surface area contributed by atoms with Gasteiger partial charge in [-0.2, -0.15) is 4.98 Å². The number of rotatable bonds is 4. The maximum atomic E-state index is 12.7. The van der Waals surface area contributed by atoms with Gasteiger partial charge in [0.15, 0.2) is 0 Å². The van der Waals surface area contributed by atoms with Crippen LogP contribution in [0, 0.1) is 13.8 Å². The number of nitrogens with zero attached hydrogens (tertiary/aromatic N) is 5. The molecule has 4 rings (SSSR count). The summed E-state index contributed by atoms with van der Waals surface area (Å²) < 4.78 is 7.28. The second-order valence-corrected chi connectivity index (χ2v) is 6.96. The Labute approximate surface area is 161 Å². The molecule has 8 heteroatoms. The molecule has 0 spiro atoms. The van der Waals surface area contributed by atoms with Gasteiger partial charge in [0.2, 0.25) is 11.8 Å². The molecule has 1 aliphatic heterocycles. The van der Waals surface area contributed by atoms with Crippen LogP contribution in [0.25, 0.3) is 10.9 Å². The smallest absolute Gasteiger partial charge is 0.261 e. The molecule has 1 fully saturated rings. The summed E-state index contributed by atoms with van der Waals surface area (Å²) in [5.41, 5.74) is 1.26. The topological polar surface area (TPSA) is 90.2 Å². The van der Waals surface area contributed by atoms with Gasteiger partial charge in [-0.3, -0.25) is 14.2 Å². The Morgan fingerprint density at radius 1 is 1.25 bits per heavy atom. The van der Waals surface area contributed by atoms with Gasteiger partial charge in [0.05, 0.1) is 23.8 Å². The highest BCUT2D eigenvalue weighted by Gasteiger charge is 2.28. The van der Waals surface area contributed by atoms with E-state index in [1.54, 1.807) is 29.2 Å². The molecule has 0 aliphatic carbocycles. The molecule has 1 atom stereocenters. The van der Waals surface area contributed by atoms with E-state index in [9.17, 15) is 9.59 Å². The first-order chi connectivity index (χ1) is 13.5. The molecule has 1 aromatic carbocycles. The zero-order chi connectivity index (χ0) is 19.7. The number of aromatic nitrogens is 4. The number of hydrogen-bond donors (Lipinski definition) is 0. The minimum atomic E-state index is -0.210. The minimum Gasteiger partial charge on any atom is -0.472 e. The number of amides is 1. The van der Waals surface area contributed by atoms with Crippen LogP contribution in [0.4, 0.5) is 0 Å². The predicted octanol–water partition coefficient (Wildman–Crippen LogP) is 1.48. The average molecular weight is 379 g/mol. The molecule has 1 amide bonds. The number of para-hydroxylation sites is 1. The van der Waals surface area contributed by atoms with E-state index in [-0.39, 0.29) is 24.1 Å². The summed E-state index contributed by atoms with van der Waals surface area (Å²) in [7, 11) is 0. The van der Waals surface area contributed by atoms with Crippen molar-refractivity contribution >= 4 is 16.8 Å². The summed E-state index contributed by atoms with van der Waals surface area (Å²) in [4.78, 5) is 39.7. The van der Waals surface area contributed by atoms with Crippen molar-refractivity contribution in [3.63, 3.8) is 0 Å². The number of fused-ring (bicyclic) bond motifs is 1. The van der Waals surface area contributed by atoms with Crippen LogP contribution < -0.4 is 10.3 Å². The molecule has 1 aliphatic rings. The lowest BCUT2D eigenvalue weighted by molar-refractivity contribution is -0.131. The van der Waals surface area contributed by atoms with Crippen molar-refractivity contribution in [3.05, 3.63) is 58.5 Å². The number of benzene rings is 1. The third-order valence-corrected chi connectivity index (χ3v) is 4.76. The highest BCUT2D eigenvalue weighted by atomic mass is 16.5. The summed E-state index contributed by atoms with van der Waals surface area (Å²) >= 11 is 0. The number of carbonyl (C=O) groups excluding carboxylic acids is 1. The van der Waals surface area contributed by atoms with Gasteiger partial charge in [-0.25, -0.2) is 9.97 Å². The van der Waals surface area contributed by atoms with Crippen molar-refractivity contribution in [1.82, 2.24) is 24.4 Å². The predicted molar refractivity (Wildman–Crippen MR) is 103 cm³/mol. The van der Waals surface area contributed by atoms with Crippen LogP contribution in [0.5, 0.6) is 5.88 Å². The van der Waals surface area contributed by atoms with Crippen LogP contribution in [-0.2, 0) is 11.3 Å². The van der Waals surface area contributed by atoms with Crippen LogP contribution in [0.1, 0.15) is 17.9 Å². The fourth-order valence-electron chi connectivity index (χ4n) is 3.43. The standard InChI is InChI=1S/C20H21N5O3/c1-13-9-18(23-14(2)22-13)28-15-7-8-24(10-15)19(26)11-25-12-21-17-6-4-3-5-16(17)20(25)27/h3-6,9,12,15H,7-8,10-11H2,1-2H3. The van der Waals surface area contributed by atoms with Crippen LogP contribution in [-0.4, -0.2) is 49.5 Å².